The average Bonchev–Trinajstić information content (AvgIpc) is 2.61. The zero-order chi connectivity index (χ0) is 19.6. The molecule has 4 rings (SSSR count). The molecule has 1 heterocycles. The Morgan fingerprint density at radius 2 is 1.79 bits per heavy atom. The van der Waals surface area contributed by atoms with Gasteiger partial charge in [0.15, 0.2) is 5.78 Å². The molecule has 1 radical (unpaired) electrons. The van der Waals surface area contributed by atoms with Crippen LogP contribution in [0.1, 0.15) is 19.5 Å². The number of hydrogen-bond donors (Lipinski definition) is 1. The normalized spacial score (nSPS) is 11.0. The molecule has 0 amide bonds. The molecule has 0 bridgehead atoms. The molecule has 0 saturated heterocycles. The number of carbonyl (C=O) groups is 1. The van der Waals surface area contributed by atoms with Crippen LogP contribution in [0.4, 0.5) is 0 Å². The van der Waals surface area contributed by atoms with E-state index in [1.807, 2.05) is 29.8 Å². The van der Waals surface area contributed by atoms with Crippen LogP contribution >= 0.6 is 0 Å². The van der Waals surface area contributed by atoms with Crippen molar-refractivity contribution in [2.45, 2.75) is 20.8 Å². The Labute approximate surface area is 177 Å². The van der Waals surface area contributed by atoms with E-state index in [-0.39, 0.29) is 31.6 Å². The van der Waals surface area contributed by atoms with Crippen LogP contribution in [-0.4, -0.2) is 15.9 Å². The third kappa shape index (κ3) is 4.38. The Bertz CT molecular complexity index is 1200. The summed E-state index contributed by atoms with van der Waals surface area (Å²) in [5.74, 6) is -0.0625. The van der Waals surface area contributed by atoms with Crippen LogP contribution in [0, 0.1) is 20.0 Å². The van der Waals surface area contributed by atoms with E-state index in [1.54, 1.807) is 0 Å². The first-order valence-electron chi connectivity index (χ1n) is 8.61. The maximum atomic E-state index is 10.0. The number of aliphatic hydroxyl groups is 1. The number of allylic oxidation sites excluding steroid dienone is 2. The number of benzene rings is 3. The van der Waals surface area contributed by atoms with Gasteiger partial charge in [0.2, 0.25) is 0 Å². The molecule has 145 valence electrons. The van der Waals surface area contributed by atoms with E-state index in [4.69, 9.17) is 10.1 Å². The molecule has 4 nitrogen and oxygen atoms in total. The number of hydrogen-bond acceptors (Lipinski definition) is 3. The maximum Gasteiger partial charge on any atom is 0.155 e. The number of rotatable bonds is 1. The Hall–Kier alpha value is -2.75. The van der Waals surface area contributed by atoms with Crippen LogP contribution in [0.5, 0.6) is 0 Å². The van der Waals surface area contributed by atoms with Crippen molar-refractivity contribution >= 4 is 38.4 Å². The summed E-state index contributed by atoms with van der Waals surface area (Å²) in [6.45, 7) is 4.84. The van der Waals surface area contributed by atoms with Crippen LogP contribution in [0.25, 0.3) is 32.6 Å². The summed E-state index contributed by atoms with van der Waals surface area (Å²) in [6.07, 6.45) is 3.12. The van der Waals surface area contributed by atoms with E-state index < -0.39 is 0 Å². The quantitative estimate of drug-likeness (QED) is 0.124. The van der Waals surface area contributed by atoms with Gasteiger partial charge in [-0.15, -0.1) is 24.3 Å². The Morgan fingerprint density at radius 1 is 1.14 bits per heavy atom. The topological polar surface area (TPSA) is 54.1 Å². The molecule has 0 aliphatic carbocycles. The fraction of sp³-hybridized carbons (Fsp3) is 0.130. The first-order valence-corrected chi connectivity index (χ1v) is 8.61. The molecule has 0 aliphatic heterocycles. The van der Waals surface area contributed by atoms with Gasteiger partial charge in [0.1, 0.15) is 5.52 Å². The zero-order valence-corrected chi connectivity index (χ0v) is 18.4. The van der Waals surface area contributed by atoms with Crippen LogP contribution < -0.4 is 4.57 Å². The molecular weight excluding hydrogens is 528 g/mol. The molecule has 3 aromatic carbocycles. The average molecular weight is 550 g/mol. The largest absolute Gasteiger partial charge is 0.512 e. The standard InChI is InChI=1S/C18H13N2.C5H8O2.Ir/c1-12-11-20(2)18-16-10-6-4-8-14(16)13-7-3-5-9-15(13)17(18)19-12;1-4(6)3-5(2)7;/h3-9,11H,2H2,1H3;3,6H,1-2H3;/q-1;;. The van der Waals surface area contributed by atoms with Gasteiger partial charge < -0.3 is 9.67 Å². The van der Waals surface area contributed by atoms with Gasteiger partial charge in [-0.25, -0.2) is 0 Å². The second-order valence-corrected chi connectivity index (χ2v) is 6.45. The molecular formula is C23H21IrN2O2-. The summed E-state index contributed by atoms with van der Waals surface area (Å²) in [7, 11) is 4.12. The summed E-state index contributed by atoms with van der Waals surface area (Å²) in [5.41, 5.74) is 2.99. The fourth-order valence-corrected chi connectivity index (χ4v) is 3.21. The number of aromatic nitrogens is 2. The predicted octanol–water partition coefficient (Wildman–Crippen LogP) is 4.61. The predicted molar refractivity (Wildman–Crippen MR) is 108 cm³/mol. The van der Waals surface area contributed by atoms with Crippen LogP contribution in [0.3, 0.4) is 0 Å². The Kier molecular flexibility index (Phi) is 6.89. The van der Waals surface area contributed by atoms with Gasteiger partial charge in [0, 0.05) is 38.9 Å². The minimum Gasteiger partial charge on any atom is -0.512 e. The molecule has 0 aliphatic rings. The minimum absolute atomic E-state index is 0. The van der Waals surface area contributed by atoms with Gasteiger partial charge in [0.25, 0.3) is 0 Å². The van der Waals surface area contributed by atoms with Crippen molar-refractivity contribution in [2.24, 2.45) is 0 Å². The maximum absolute atomic E-state index is 10.0. The Morgan fingerprint density at radius 3 is 2.39 bits per heavy atom. The second-order valence-electron chi connectivity index (χ2n) is 6.45. The van der Waals surface area contributed by atoms with E-state index in [0.29, 0.717) is 0 Å². The summed E-state index contributed by atoms with van der Waals surface area (Å²) in [4.78, 5) is 14.8. The Balaban J connectivity index is 0.000000306. The second kappa shape index (κ2) is 8.96. The van der Waals surface area contributed by atoms with Crippen LogP contribution in [0.15, 0.2) is 60.5 Å². The summed E-state index contributed by atoms with van der Waals surface area (Å²) < 4.78 is 1.91. The molecule has 0 unspecified atom stereocenters. The number of carbonyl (C=O) groups excluding carboxylic acids is 1. The number of fused-ring (bicyclic) bond motifs is 6. The van der Waals surface area contributed by atoms with Crippen LogP contribution in [0.2, 0.25) is 0 Å². The van der Waals surface area contributed by atoms with Gasteiger partial charge in [-0.3, -0.25) is 9.78 Å². The molecule has 28 heavy (non-hydrogen) atoms. The molecule has 0 saturated carbocycles. The molecule has 1 aromatic heterocycles. The number of aliphatic hydroxyl groups excluding tert-OH is 1. The van der Waals surface area contributed by atoms with Crippen molar-refractivity contribution in [2.75, 3.05) is 0 Å². The monoisotopic (exact) mass is 550 g/mol. The van der Waals surface area contributed by atoms with Gasteiger partial charge in [-0.05, 0) is 26.2 Å². The third-order valence-corrected chi connectivity index (χ3v) is 4.12. The van der Waals surface area contributed by atoms with Gasteiger partial charge >= 0.3 is 0 Å². The number of nitrogens with zero attached hydrogens (tertiary/aromatic N) is 2. The van der Waals surface area contributed by atoms with E-state index in [1.165, 1.54) is 30.7 Å². The van der Waals surface area contributed by atoms with Crippen molar-refractivity contribution in [3.63, 3.8) is 0 Å². The van der Waals surface area contributed by atoms with Gasteiger partial charge in [-0.1, -0.05) is 40.4 Å². The molecule has 0 atom stereocenters. The number of aryl methyl sites for hydroxylation is 1. The van der Waals surface area contributed by atoms with E-state index in [2.05, 4.69) is 43.4 Å². The van der Waals surface area contributed by atoms with Crippen molar-refractivity contribution < 1.29 is 34.6 Å². The first kappa shape index (κ1) is 21.5. The summed E-state index contributed by atoms with van der Waals surface area (Å²) >= 11 is 0. The first-order chi connectivity index (χ1) is 12.9. The molecule has 5 heteroatoms. The molecule has 0 fully saturated rings. The minimum atomic E-state index is -0.125. The molecule has 0 spiro atoms. The SMILES string of the molecule is CC(=O)C=C(C)O.[CH2-][n+]1cc(C)nc2c3ccccc3c3ccc[c-]c3c21.[Ir]. The van der Waals surface area contributed by atoms with Crippen molar-refractivity contribution in [3.8, 4) is 0 Å². The smallest absolute Gasteiger partial charge is 0.155 e. The molecule has 1 N–H and O–H groups in total. The van der Waals surface area contributed by atoms with Crippen molar-refractivity contribution in [1.82, 2.24) is 4.98 Å². The van der Waals surface area contributed by atoms with E-state index in [0.717, 1.165) is 27.5 Å². The third-order valence-electron chi connectivity index (χ3n) is 4.12. The van der Waals surface area contributed by atoms with Crippen molar-refractivity contribution in [1.29, 1.82) is 0 Å². The van der Waals surface area contributed by atoms with E-state index in [9.17, 15) is 4.79 Å². The summed E-state index contributed by atoms with van der Waals surface area (Å²) in [5, 5.41) is 13.0. The van der Waals surface area contributed by atoms with Gasteiger partial charge in [-0.2, -0.15) is 0 Å². The van der Waals surface area contributed by atoms with E-state index >= 15 is 0 Å². The van der Waals surface area contributed by atoms with Crippen molar-refractivity contribution in [3.05, 3.63) is 79.3 Å². The fourth-order valence-electron chi connectivity index (χ4n) is 3.21. The van der Waals surface area contributed by atoms with Crippen LogP contribution in [-0.2, 0) is 24.9 Å². The zero-order valence-electron chi connectivity index (χ0n) is 16.0. The molecule has 4 aromatic rings. The van der Waals surface area contributed by atoms with Gasteiger partial charge in [0.05, 0.1) is 17.5 Å². The summed E-state index contributed by atoms with van der Waals surface area (Å²) in [6, 6.07) is 17.8. The number of ketones is 1.